The van der Waals surface area contributed by atoms with E-state index in [4.69, 9.17) is 4.74 Å². The zero-order valence-corrected chi connectivity index (χ0v) is 11.8. The van der Waals surface area contributed by atoms with E-state index in [-0.39, 0.29) is 0 Å². The van der Waals surface area contributed by atoms with Crippen LogP contribution in [0, 0.1) is 0 Å². The fourth-order valence-electron chi connectivity index (χ4n) is 1.96. The summed E-state index contributed by atoms with van der Waals surface area (Å²) in [5.41, 5.74) is 2.30. The summed E-state index contributed by atoms with van der Waals surface area (Å²) in [6, 6.07) is 5.44. The molecule has 3 rings (SSSR count). The molecule has 0 saturated heterocycles. The lowest BCUT2D eigenvalue weighted by Gasteiger charge is -2.07. The maximum atomic E-state index is 11.5. The van der Waals surface area contributed by atoms with Gasteiger partial charge in [-0.2, -0.15) is 5.10 Å². The summed E-state index contributed by atoms with van der Waals surface area (Å²) in [7, 11) is 0.538. The third kappa shape index (κ3) is 2.16. The Kier molecular flexibility index (Phi) is 3.19. The Morgan fingerprint density at radius 2 is 2.15 bits per heavy atom. The van der Waals surface area contributed by atoms with Gasteiger partial charge < -0.3 is 4.74 Å². The number of imidazole rings is 1. The Hall–Kier alpha value is -2.28. The van der Waals surface area contributed by atoms with Gasteiger partial charge in [-0.05, 0) is 18.2 Å². The van der Waals surface area contributed by atoms with Gasteiger partial charge >= 0.3 is 0 Å². The maximum Gasteiger partial charge on any atom is 0.159 e. The van der Waals surface area contributed by atoms with Crippen molar-refractivity contribution in [2.75, 3.05) is 13.4 Å². The van der Waals surface area contributed by atoms with Crippen LogP contribution in [0.3, 0.4) is 0 Å². The van der Waals surface area contributed by atoms with E-state index in [0.29, 0.717) is 11.4 Å². The molecule has 2 aromatic heterocycles. The van der Waals surface area contributed by atoms with E-state index in [1.807, 2.05) is 18.3 Å². The van der Waals surface area contributed by atoms with Crippen LogP contribution < -0.4 is 4.74 Å². The number of methoxy groups -OCH3 is 1. The van der Waals surface area contributed by atoms with E-state index in [1.165, 1.54) is 0 Å². The molecule has 0 amide bonds. The Morgan fingerprint density at radius 1 is 1.30 bits per heavy atom. The molecule has 0 radical (unpaired) electrons. The van der Waals surface area contributed by atoms with Gasteiger partial charge in [0, 0.05) is 33.7 Å². The van der Waals surface area contributed by atoms with Gasteiger partial charge in [-0.3, -0.25) is 8.61 Å². The average Bonchev–Trinajstić information content (AvgIpc) is 2.90. The van der Waals surface area contributed by atoms with Gasteiger partial charge in [0.2, 0.25) is 0 Å². The summed E-state index contributed by atoms with van der Waals surface area (Å²) in [6.07, 6.45) is 6.67. The van der Waals surface area contributed by atoms with Crippen molar-refractivity contribution in [2.24, 2.45) is 0 Å². The average molecular weight is 288 g/mol. The minimum Gasteiger partial charge on any atom is -0.496 e. The largest absolute Gasteiger partial charge is 0.496 e. The van der Waals surface area contributed by atoms with E-state index >= 15 is 0 Å². The number of benzene rings is 1. The summed E-state index contributed by atoms with van der Waals surface area (Å²) in [6.45, 7) is 0. The predicted octanol–water partition coefficient (Wildman–Crippen LogP) is 1.54. The predicted molar refractivity (Wildman–Crippen MR) is 75.1 cm³/mol. The molecule has 3 aromatic rings. The monoisotopic (exact) mass is 288 g/mol. The second kappa shape index (κ2) is 5.01. The zero-order chi connectivity index (χ0) is 14.1. The van der Waals surface area contributed by atoms with Crippen molar-refractivity contribution in [2.45, 2.75) is 4.90 Å². The van der Waals surface area contributed by atoms with Crippen molar-refractivity contribution in [3.63, 3.8) is 0 Å². The number of hydrogen-bond donors (Lipinski definition) is 0. The molecule has 102 valence electrons. The lowest BCUT2D eigenvalue weighted by molar-refractivity contribution is 0.415. The first-order valence-corrected chi connectivity index (χ1v) is 7.42. The van der Waals surface area contributed by atoms with Gasteiger partial charge in [0.15, 0.2) is 5.65 Å². The third-order valence-electron chi connectivity index (χ3n) is 2.96. The second-order valence-electron chi connectivity index (χ2n) is 4.18. The van der Waals surface area contributed by atoms with Crippen LogP contribution in [0.1, 0.15) is 0 Å². The van der Waals surface area contributed by atoms with E-state index in [9.17, 15) is 4.21 Å². The van der Waals surface area contributed by atoms with Crippen molar-refractivity contribution in [1.29, 1.82) is 0 Å². The Bertz CT molecular complexity index is 767. The number of ether oxygens (including phenoxy) is 1. The molecule has 0 spiro atoms. The first-order valence-electron chi connectivity index (χ1n) is 5.86. The summed E-state index contributed by atoms with van der Waals surface area (Å²) < 4.78 is 18.7. The Morgan fingerprint density at radius 3 is 2.85 bits per heavy atom. The van der Waals surface area contributed by atoms with Crippen molar-refractivity contribution >= 4 is 16.4 Å². The minimum absolute atomic E-state index is 0.641. The van der Waals surface area contributed by atoms with E-state index < -0.39 is 10.8 Å². The minimum atomic E-state index is -1.05. The molecular formula is C13H12N4O2S. The molecule has 0 aliphatic rings. The standard InChI is InChI=1S/C13H12N4O2S/c1-19-12-5-9(20(2)18)3-4-10(12)11-7-17-8-15-14-6-13(17)16-11/h3-8H,1-2H3. The Balaban J connectivity index is 2.15. The van der Waals surface area contributed by atoms with Crippen molar-refractivity contribution < 1.29 is 8.95 Å². The van der Waals surface area contributed by atoms with Crippen molar-refractivity contribution in [1.82, 2.24) is 19.6 Å². The van der Waals surface area contributed by atoms with Crippen LogP contribution in [0.2, 0.25) is 0 Å². The molecule has 7 heteroatoms. The molecule has 0 bridgehead atoms. The molecule has 1 aromatic carbocycles. The van der Waals surface area contributed by atoms with Gasteiger partial charge in [0.05, 0.1) is 19.0 Å². The van der Waals surface area contributed by atoms with Crippen molar-refractivity contribution in [3.05, 3.63) is 36.9 Å². The molecule has 6 nitrogen and oxygen atoms in total. The van der Waals surface area contributed by atoms with Gasteiger partial charge in [-0.1, -0.05) is 0 Å². The first kappa shape index (κ1) is 12.7. The smallest absolute Gasteiger partial charge is 0.159 e. The highest BCUT2D eigenvalue weighted by molar-refractivity contribution is 7.84. The lowest BCUT2D eigenvalue weighted by Crippen LogP contribution is -1.92. The number of aromatic nitrogens is 4. The number of rotatable bonds is 3. The van der Waals surface area contributed by atoms with Gasteiger partial charge in [-0.25, -0.2) is 4.98 Å². The topological polar surface area (TPSA) is 69.4 Å². The van der Waals surface area contributed by atoms with Crippen LogP contribution >= 0.6 is 0 Å². The SMILES string of the molecule is COc1cc(S(C)=O)ccc1-c1cn2cnncc2n1. The normalized spacial score (nSPS) is 12.5. The summed E-state index contributed by atoms with van der Waals surface area (Å²) in [5.74, 6) is 0.641. The van der Waals surface area contributed by atoms with Gasteiger partial charge in [-0.15, -0.1) is 5.10 Å². The molecule has 0 aliphatic heterocycles. The Labute approximate surface area is 117 Å². The first-order chi connectivity index (χ1) is 9.69. The lowest BCUT2D eigenvalue weighted by atomic mass is 10.1. The van der Waals surface area contributed by atoms with Gasteiger partial charge in [0.25, 0.3) is 0 Å². The molecule has 1 unspecified atom stereocenters. The van der Waals surface area contributed by atoms with Crippen LogP contribution in [0.25, 0.3) is 16.9 Å². The highest BCUT2D eigenvalue weighted by Gasteiger charge is 2.12. The summed E-state index contributed by atoms with van der Waals surface area (Å²) in [5, 5.41) is 7.60. The second-order valence-corrected chi connectivity index (χ2v) is 5.56. The quantitative estimate of drug-likeness (QED) is 0.731. The van der Waals surface area contributed by atoms with Crippen LogP contribution in [0.4, 0.5) is 0 Å². The number of fused-ring (bicyclic) bond motifs is 1. The molecule has 0 fully saturated rings. The molecule has 20 heavy (non-hydrogen) atoms. The van der Waals surface area contributed by atoms with E-state index in [1.54, 1.807) is 36.4 Å². The highest BCUT2D eigenvalue weighted by Crippen LogP contribution is 2.31. The summed E-state index contributed by atoms with van der Waals surface area (Å²) in [4.78, 5) is 5.19. The molecule has 0 N–H and O–H groups in total. The summed E-state index contributed by atoms with van der Waals surface area (Å²) >= 11 is 0. The van der Waals surface area contributed by atoms with Crippen LogP contribution in [-0.4, -0.2) is 37.2 Å². The third-order valence-corrected chi connectivity index (χ3v) is 3.88. The number of hydrogen-bond acceptors (Lipinski definition) is 5. The van der Waals surface area contributed by atoms with E-state index in [0.717, 1.165) is 16.2 Å². The fraction of sp³-hybridized carbons (Fsp3) is 0.154. The fourth-order valence-corrected chi connectivity index (χ4v) is 2.49. The highest BCUT2D eigenvalue weighted by atomic mass is 32.2. The molecule has 0 aliphatic carbocycles. The number of nitrogens with zero attached hydrogens (tertiary/aromatic N) is 4. The zero-order valence-electron chi connectivity index (χ0n) is 11.0. The molecular weight excluding hydrogens is 276 g/mol. The molecule has 0 saturated carbocycles. The molecule has 2 heterocycles. The van der Waals surface area contributed by atoms with Crippen LogP contribution in [-0.2, 0) is 10.8 Å². The molecule has 1 atom stereocenters. The van der Waals surface area contributed by atoms with Gasteiger partial charge in [0.1, 0.15) is 12.1 Å². The van der Waals surface area contributed by atoms with Crippen LogP contribution in [0.15, 0.2) is 41.8 Å². The maximum absolute atomic E-state index is 11.5. The van der Waals surface area contributed by atoms with Crippen molar-refractivity contribution in [3.8, 4) is 17.0 Å². The van der Waals surface area contributed by atoms with Crippen LogP contribution in [0.5, 0.6) is 5.75 Å². The van der Waals surface area contributed by atoms with E-state index in [2.05, 4.69) is 15.2 Å².